The van der Waals surface area contributed by atoms with Crippen molar-refractivity contribution in [3.05, 3.63) is 0 Å². The molecule has 2 amide bonds. The first-order valence-corrected chi connectivity index (χ1v) is 9.96. The molecule has 3 aliphatic rings. The molecular weight excluding hydrogens is 336 g/mol. The topological polar surface area (TPSA) is 118 Å². The predicted molar refractivity (Wildman–Crippen MR) is 87.6 cm³/mol. The number of aliphatic carboxylic acids is 1. The molecule has 1 unspecified atom stereocenters. The fourth-order valence-electron chi connectivity index (χ4n) is 4.28. The number of likely N-dealkylation sites (tertiary alicyclic amines) is 1. The Bertz CT molecular complexity index is 589. The van der Waals surface area contributed by atoms with Crippen LogP contribution in [0.15, 0.2) is 0 Å². The van der Waals surface area contributed by atoms with Crippen molar-refractivity contribution < 1.29 is 29.7 Å². The van der Waals surface area contributed by atoms with Crippen LogP contribution in [0.4, 0.5) is 4.79 Å². The van der Waals surface area contributed by atoms with Gasteiger partial charge in [0, 0.05) is 17.8 Å². The van der Waals surface area contributed by atoms with Crippen molar-refractivity contribution in [2.24, 2.45) is 0 Å². The molecule has 3 saturated heterocycles. The van der Waals surface area contributed by atoms with Crippen LogP contribution in [0.3, 0.4) is 0 Å². The highest BCUT2D eigenvalue weighted by molar-refractivity contribution is 8.46. The summed E-state index contributed by atoms with van der Waals surface area (Å²) >= 11 is 0. The molecule has 0 aliphatic carbocycles. The quantitative estimate of drug-likeness (QED) is 0.602. The van der Waals surface area contributed by atoms with Gasteiger partial charge in [0.05, 0.1) is 23.8 Å². The third kappa shape index (κ3) is 2.04. The highest BCUT2D eigenvalue weighted by atomic mass is 32.3. The van der Waals surface area contributed by atoms with Crippen molar-refractivity contribution in [1.82, 2.24) is 9.80 Å². The molecule has 3 fully saturated rings. The minimum atomic E-state index is -2.46. The summed E-state index contributed by atoms with van der Waals surface area (Å²) in [5.41, 5.74) is 0. The van der Waals surface area contributed by atoms with E-state index in [1.54, 1.807) is 18.7 Å². The van der Waals surface area contributed by atoms with Gasteiger partial charge in [-0.25, -0.2) is 4.79 Å². The minimum Gasteiger partial charge on any atom is -0.480 e. The molecule has 0 aromatic carbocycles. The summed E-state index contributed by atoms with van der Waals surface area (Å²) in [5, 5.41) is 28.7. The van der Waals surface area contributed by atoms with Crippen LogP contribution in [0, 0.1) is 0 Å². The monoisotopic (exact) mass is 360 g/mol. The van der Waals surface area contributed by atoms with E-state index >= 15 is 0 Å². The molecule has 0 spiro atoms. The first-order valence-electron chi connectivity index (χ1n) is 8.09. The molecule has 3 heterocycles. The normalized spacial score (nSPS) is 38.2. The van der Waals surface area contributed by atoms with Crippen molar-refractivity contribution >= 4 is 27.1 Å². The van der Waals surface area contributed by atoms with E-state index in [4.69, 9.17) is 0 Å². The number of amides is 2. The number of nitrogens with zero attached hydrogens (tertiary/aromatic N) is 2. The van der Waals surface area contributed by atoms with Crippen LogP contribution in [0.1, 0.15) is 33.1 Å². The van der Waals surface area contributed by atoms with Crippen LogP contribution < -0.4 is 0 Å². The molecule has 0 aromatic heterocycles. The van der Waals surface area contributed by atoms with Crippen molar-refractivity contribution in [2.75, 3.05) is 19.0 Å². The van der Waals surface area contributed by atoms with E-state index in [9.17, 15) is 29.7 Å². The largest absolute Gasteiger partial charge is 0.480 e. The lowest BCUT2D eigenvalue weighted by molar-refractivity contribution is -0.157. The van der Waals surface area contributed by atoms with Crippen molar-refractivity contribution in [2.45, 2.75) is 55.4 Å². The maximum atomic E-state index is 13.3. The molecule has 9 heteroatoms. The minimum absolute atomic E-state index is 0.116. The average Bonchev–Trinajstić information content (AvgIpc) is 2.68. The highest BCUT2D eigenvalue weighted by Crippen LogP contribution is 2.74. The maximum Gasteiger partial charge on any atom is 0.327 e. The average molecular weight is 360 g/mol. The molecule has 24 heavy (non-hydrogen) atoms. The molecule has 0 radical (unpaired) electrons. The van der Waals surface area contributed by atoms with Gasteiger partial charge in [-0.15, -0.1) is 10.0 Å². The Morgan fingerprint density at radius 3 is 2.29 bits per heavy atom. The summed E-state index contributed by atoms with van der Waals surface area (Å²) in [6.07, 6.45) is 0.635. The lowest BCUT2D eigenvalue weighted by Gasteiger charge is -2.51. The van der Waals surface area contributed by atoms with E-state index in [0.29, 0.717) is 25.9 Å². The second-order valence-corrected chi connectivity index (χ2v) is 11.0. The Labute approximate surface area is 141 Å². The second kappa shape index (κ2) is 5.60. The molecule has 3 atom stereocenters. The molecule has 3 rings (SSSR count). The molecule has 3 aliphatic heterocycles. The Morgan fingerprint density at radius 2 is 1.88 bits per heavy atom. The van der Waals surface area contributed by atoms with Crippen LogP contribution in [-0.2, 0) is 9.59 Å². The molecular formula is C15H24N2O6S. The molecule has 136 valence electrons. The SMILES string of the molecule is CC1(C)[C@H](C(=O)O)N2C(=O)C[C@H]2S1(CO)C(=O)N1CCC(O)CC1. The van der Waals surface area contributed by atoms with E-state index in [2.05, 4.69) is 0 Å². The Morgan fingerprint density at radius 1 is 1.29 bits per heavy atom. The molecule has 0 aromatic rings. The number of carboxylic acids is 1. The number of carbonyl (C=O) groups is 3. The van der Waals surface area contributed by atoms with Gasteiger partial charge in [-0.05, 0) is 26.7 Å². The summed E-state index contributed by atoms with van der Waals surface area (Å²) in [6.45, 7) is 4.14. The van der Waals surface area contributed by atoms with Crippen LogP contribution in [-0.4, -0.2) is 83.5 Å². The zero-order valence-electron chi connectivity index (χ0n) is 13.8. The summed E-state index contributed by atoms with van der Waals surface area (Å²) < 4.78 is -1.02. The Hall–Kier alpha value is -1.32. The summed E-state index contributed by atoms with van der Waals surface area (Å²) in [5.74, 6) is -1.83. The first-order chi connectivity index (χ1) is 11.2. The molecule has 8 nitrogen and oxygen atoms in total. The molecule has 0 bridgehead atoms. The fraction of sp³-hybridized carbons (Fsp3) is 0.800. The van der Waals surface area contributed by atoms with E-state index in [-0.39, 0.29) is 17.6 Å². The van der Waals surface area contributed by atoms with Gasteiger partial charge in [-0.1, -0.05) is 0 Å². The number of carboxylic acid groups (broad SMARTS) is 1. The number of piperidine rings is 1. The van der Waals surface area contributed by atoms with E-state index in [1.165, 1.54) is 4.90 Å². The van der Waals surface area contributed by atoms with Gasteiger partial charge in [-0.2, -0.15) is 0 Å². The van der Waals surface area contributed by atoms with Crippen LogP contribution in [0.25, 0.3) is 0 Å². The molecule has 3 N–H and O–H groups in total. The van der Waals surface area contributed by atoms with Crippen molar-refractivity contribution in [3.8, 4) is 0 Å². The van der Waals surface area contributed by atoms with Crippen LogP contribution >= 0.6 is 10.0 Å². The molecule has 0 saturated carbocycles. The lowest BCUT2D eigenvalue weighted by atomic mass is 9.98. The van der Waals surface area contributed by atoms with E-state index < -0.39 is 44.2 Å². The zero-order chi connectivity index (χ0) is 17.9. The van der Waals surface area contributed by atoms with Crippen LogP contribution in [0.5, 0.6) is 0 Å². The predicted octanol–water partition coefficient (Wildman–Crippen LogP) is 0.121. The lowest BCUT2D eigenvalue weighted by Crippen LogP contribution is -2.57. The third-order valence-corrected chi connectivity index (χ3v) is 10.5. The summed E-state index contributed by atoms with van der Waals surface area (Å²) in [6, 6.07) is -1.09. The number of hydrogen-bond donors (Lipinski definition) is 3. The van der Waals surface area contributed by atoms with Gasteiger partial charge in [0.25, 0.3) is 5.24 Å². The number of rotatable bonds is 2. The number of β-lactam (4-membered cyclic amide) rings is 1. The van der Waals surface area contributed by atoms with Gasteiger partial charge in [0.15, 0.2) is 0 Å². The van der Waals surface area contributed by atoms with Gasteiger partial charge < -0.3 is 25.1 Å². The van der Waals surface area contributed by atoms with Crippen molar-refractivity contribution in [1.29, 1.82) is 0 Å². The maximum absolute atomic E-state index is 13.3. The van der Waals surface area contributed by atoms with Gasteiger partial charge in [0.2, 0.25) is 5.91 Å². The van der Waals surface area contributed by atoms with Gasteiger partial charge in [-0.3, -0.25) is 9.59 Å². The fourth-order valence-corrected chi connectivity index (χ4v) is 8.59. The standard InChI is InChI=1S/C15H24N2O6S/c1-15(2)12(13(21)22)17-10(20)7-11(17)24(15,8-18)14(23)16-5-3-9(19)4-6-16/h9,11-12,18-19H,3-8H2,1-2H3,(H,21,22)/t11-,12+/m1/s1. The number of aliphatic hydroxyl groups excluding tert-OH is 2. The highest BCUT2D eigenvalue weighted by Gasteiger charge is 2.71. The number of hydrogen-bond acceptors (Lipinski definition) is 5. The second-order valence-electron chi connectivity index (χ2n) is 7.21. The summed E-state index contributed by atoms with van der Waals surface area (Å²) in [4.78, 5) is 40.0. The van der Waals surface area contributed by atoms with Crippen molar-refractivity contribution in [3.63, 3.8) is 0 Å². The zero-order valence-corrected chi connectivity index (χ0v) is 14.7. The number of aliphatic hydroxyl groups is 2. The Kier molecular flexibility index (Phi) is 4.09. The van der Waals surface area contributed by atoms with Gasteiger partial charge >= 0.3 is 5.97 Å². The number of carbonyl (C=O) groups excluding carboxylic acids is 2. The number of fused-ring (bicyclic) bond motifs is 1. The van der Waals surface area contributed by atoms with Gasteiger partial charge in [0.1, 0.15) is 6.04 Å². The smallest absolute Gasteiger partial charge is 0.327 e. The van der Waals surface area contributed by atoms with E-state index in [1.807, 2.05) is 0 Å². The van der Waals surface area contributed by atoms with Crippen LogP contribution in [0.2, 0.25) is 0 Å². The first kappa shape index (κ1) is 17.5. The summed E-state index contributed by atoms with van der Waals surface area (Å²) in [7, 11) is -2.46. The Balaban J connectivity index is 2.00. The third-order valence-electron chi connectivity index (χ3n) is 5.76. The van der Waals surface area contributed by atoms with E-state index in [0.717, 1.165) is 0 Å².